The van der Waals surface area contributed by atoms with Crippen LogP contribution in [0.15, 0.2) is 47.0 Å². The fraction of sp³-hybridized carbons (Fsp3) is 0.190. The molecule has 4 aromatic rings. The second-order valence-corrected chi connectivity index (χ2v) is 8.23. The zero-order valence-corrected chi connectivity index (χ0v) is 19.0. The minimum Gasteiger partial charge on any atom is -0.454 e. The summed E-state index contributed by atoms with van der Waals surface area (Å²) in [6.45, 7) is 4.57. The summed E-state index contributed by atoms with van der Waals surface area (Å²) in [5, 5.41) is 13.0. The van der Waals surface area contributed by atoms with E-state index in [9.17, 15) is 4.79 Å². The molecule has 1 aromatic carbocycles. The predicted octanol–water partition coefficient (Wildman–Crippen LogP) is 5.60. The molecule has 0 unspecified atom stereocenters. The van der Waals surface area contributed by atoms with E-state index in [-0.39, 0.29) is 11.6 Å². The average molecular weight is 479 g/mol. The van der Waals surface area contributed by atoms with Crippen LogP contribution < -0.4 is 5.32 Å². The molecule has 3 heterocycles. The molecular weight excluding hydrogens is 461 g/mol. The van der Waals surface area contributed by atoms with Crippen molar-refractivity contribution in [3.8, 4) is 0 Å². The number of amides is 1. The summed E-state index contributed by atoms with van der Waals surface area (Å²) in [4.78, 5) is 12.6. The van der Waals surface area contributed by atoms with Gasteiger partial charge >= 0.3 is 0 Å². The largest absolute Gasteiger partial charge is 0.454 e. The maximum Gasteiger partial charge on any atom is 0.292 e. The number of nitrogens with one attached hydrogen (secondary N) is 1. The molecule has 0 aliphatic heterocycles. The Kier molecular flexibility index (Phi) is 6.09. The van der Waals surface area contributed by atoms with Crippen molar-refractivity contribution in [2.75, 3.05) is 5.32 Å². The van der Waals surface area contributed by atoms with Gasteiger partial charge in [0, 0.05) is 11.2 Å². The molecule has 160 valence electrons. The number of benzene rings is 1. The van der Waals surface area contributed by atoms with Crippen LogP contribution in [0.4, 0.5) is 5.82 Å². The molecular formula is C21H18Cl3N5O2. The highest BCUT2D eigenvalue weighted by Crippen LogP contribution is 2.23. The Morgan fingerprint density at radius 3 is 2.45 bits per heavy atom. The third kappa shape index (κ3) is 4.79. The molecule has 31 heavy (non-hydrogen) atoms. The summed E-state index contributed by atoms with van der Waals surface area (Å²) in [6, 6.07) is 10.7. The number of aromatic nitrogens is 4. The Bertz CT molecular complexity index is 1240. The van der Waals surface area contributed by atoms with Gasteiger partial charge in [-0.3, -0.25) is 14.2 Å². The van der Waals surface area contributed by atoms with E-state index in [0.717, 1.165) is 17.0 Å². The van der Waals surface area contributed by atoms with Crippen molar-refractivity contribution in [1.82, 2.24) is 19.6 Å². The average Bonchev–Trinajstić information content (AvgIpc) is 3.40. The van der Waals surface area contributed by atoms with Crippen LogP contribution in [0.3, 0.4) is 0 Å². The first-order chi connectivity index (χ1) is 14.8. The molecule has 0 saturated heterocycles. The van der Waals surface area contributed by atoms with E-state index in [0.29, 0.717) is 33.9 Å². The maximum absolute atomic E-state index is 12.6. The van der Waals surface area contributed by atoms with Gasteiger partial charge in [-0.2, -0.15) is 10.2 Å². The summed E-state index contributed by atoms with van der Waals surface area (Å²) in [5.41, 5.74) is 2.58. The fourth-order valence-corrected chi connectivity index (χ4v) is 3.53. The smallest absolute Gasteiger partial charge is 0.292 e. The van der Waals surface area contributed by atoms with Crippen LogP contribution in [0.5, 0.6) is 0 Å². The first-order valence-electron chi connectivity index (χ1n) is 9.37. The van der Waals surface area contributed by atoms with Crippen molar-refractivity contribution in [2.24, 2.45) is 0 Å². The zero-order valence-electron chi connectivity index (χ0n) is 16.7. The molecule has 0 saturated carbocycles. The maximum atomic E-state index is 12.6. The van der Waals surface area contributed by atoms with Crippen LogP contribution in [-0.2, 0) is 13.1 Å². The van der Waals surface area contributed by atoms with E-state index in [2.05, 4.69) is 15.5 Å². The Morgan fingerprint density at radius 2 is 1.77 bits per heavy atom. The monoisotopic (exact) mass is 477 g/mol. The van der Waals surface area contributed by atoms with E-state index in [1.54, 1.807) is 39.8 Å². The number of aryl methyl sites for hydroxylation is 1. The molecule has 7 nitrogen and oxygen atoms in total. The summed E-state index contributed by atoms with van der Waals surface area (Å²) >= 11 is 18.3. The van der Waals surface area contributed by atoms with E-state index in [1.165, 1.54) is 0 Å². The Labute approximate surface area is 193 Å². The summed E-state index contributed by atoms with van der Waals surface area (Å²) in [5.74, 6) is 0.526. The highest BCUT2D eigenvalue weighted by atomic mass is 35.5. The van der Waals surface area contributed by atoms with Crippen molar-refractivity contribution in [1.29, 1.82) is 0 Å². The van der Waals surface area contributed by atoms with Gasteiger partial charge in [0.25, 0.3) is 5.91 Å². The number of hydrogen-bond acceptors (Lipinski definition) is 4. The summed E-state index contributed by atoms with van der Waals surface area (Å²) < 4.78 is 9.04. The number of anilines is 1. The van der Waals surface area contributed by atoms with Crippen molar-refractivity contribution in [3.05, 3.63) is 86.1 Å². The SMILES string of the molecule is Cc1nn(Cc2ccc(C(=O)Nc3nn(Cc4ccc(Cl)cc4)cc3Cl)o2)c(C)c1Cl. The topological polar surface area (TPSA) is 77.9 Å². The number of carbonyl (C=O) groups is 1. The van der Waals surface area contributed by atoms with Crippen molar-refractivity contribution >= 4 is 46.5 Å². The molecule has 1 N–H and O–H groups in total. The number of carbonyl (C=O) groups excluding carboxylic acids is 1. The van der Waals surface area contributed by atoms with Crippen LogP contribution in [0.1, 0.15) is 33.3 Å². The standard InChI is InChI=1S/C21H18Cl3N5O2/c1-12-19(24)13(2)29(26-12)10-16-7-8-18(31-16)21(30)25-20-17(23)11-28(27-20)9-14-3-5-15(22)6-4-14/h3-8,11H,9-10H2,1-2H3,(H,25,27,30). The van der Waals surface area contributed by atoms with Gasteiger partial charge in [-0.05, 0) is 43.7 Å². The number of nitrogens with zero attached hydrogens (tertiary/aromatic N) is 4. The third-order valence-electron chi connectivity index (χ3n) is 4.69. The minimum atomic E-state index is -0.448. The van der Waals surface area contributed by atoms with Crippen molar-refractivity contribution in [2.45, 2.75) is 26.9 Å². The first kappa shape index (κ1) is 21.5. The second kappa shape index (κ2) is 8.78. The number of halogens is 3. The van der Waals surface area contributed by atoms with Gasteiger partial charge in [-0.25, -0.2) is 0 Å². The van der Waals surface area contributed by atoms with Crippen LogP contribution in [0, 0.1) is 13.8 Å². The molecule has 0 fully saturated rings. The van der Waals surface area contributed by atoms with Gasteiger partial charge < -0.3 is 9.73 Å². The predicted molar refractivity (Wildman–Crippen MR) is 120 cm³/mol. The highest BCUT2D eigenvalue weighted by Gasteiger charge is 2.17. The molecule has 10 heteroatoms. The second-order valence-electron chi connectivity index (χ2n) is 7.01. The molecule has 4 rings (SSSR count). The van der Waals surface area contributed by atoms with E-state index < -0.39 is 5.91 Å². The van der Waals surface area contributed by atoms with Crippen LogP contribution in [0.2, 0.25) is 15.1 Å². The van der Waals surface area contributed by atoms with Gasteiger partial charge in [0.15, 0.2) is 11.6 Å². The van der Waals surface area contributed by atoms with Gasteiger partial charge in [0.2, 0.25) is 0 Å². The zero-order chi connectivity index (χ0) is 22.1. The van der Waals surface area contributed by atoms with Crippen LogP contribution in [-0.4, -0.2) is 25.5 Å². The van der Waals surface area contributed by atoms with E-state index in [4.69, 9.17) is 39.2 Å². The van der Waals surface area contributed by atoms with Crippen molar-refractivity contribution < 1.29 is 9.21 Å². The van der Waals surface area contributed by atoms with E-state index >= 15 is 0 Å². The van der Waals surface area contributed by atoms with Gasteiger partial charge in [0.05, 0.1) is 29.5 Å². The van der Waals surface area contributed by atoms with Crippen molar-refractivity contribution in [3.63, 3.8) is 0 Å². The number of furan rings is 1. The minimum absolute atomic E-state index is 0.144. The normalized spacial score (nSPS) is 11.1. The molecule has 0 aliphatic carbocycles. The summed E-state index contributed by atoms with van der Waals surface area (Å²) in [6.07, 6.45) is 1.64. The molecule has 0 bridgehead atoms. The van der Waals surface area contributed by atoms with Gasteiger partial charge in [-0.1, -0.05) is 46.9 Å². The Balaban J connectivity index is 1.43. The van der Waals surface area contributed by atoms with Gasteiger partial charge in [-0.15, -0.1) is 0 Å². The Hall–Kier alpha value is -2.74. The Morgan fingerprint density at radius 1 is 1.03 bits per heavy atom. The molecule has 0 atom stereocenters. The molecule has 0 radical (unpaired) electrons. The van der Waals surface area contributed by atoms with E-state index in [1.807, 2.05) is 26.0 Å². The first-order valence-corrected chi connectivity index (χ1v) is 10.5. The quantitative estimate of drug-likeness (QED) is 0.391. The fourth-order valence-electron chi connectivity index (χ4n) is 3.07. The lowest BCUT2D eigenvalue weighted by molar-refractivity contribution is 0.0994. The molecule has 0 spiro atoms. The number of hydrogen-bond donors (Lipinski definition) is 1. The van der Waals surface area contributed by atoms with Crippen LogP contribution in [0.25, 0.3) is 0 Å². The molecule has 0 aliphatic rings. The lowest BCUT2D eigenvalue weighted by Gasteiger charge is -2.03. The van der Waals surface area contributed by atoms with Gasteiger partial charge in [0.1, 0.15) is 10.8 Å². The van der Waals surface area contributed by atoms with Crippen LogP contribution >= 0.6 is 34.8 Å². The highest BCUT2D eigenvalue weighted by molar-refractivity contribution is 6.33. The third-order valence-corrected chi connectivity index (χ3v) is 5.77. The molecule has 1 amide bonds. The summed E-state index contributed by atoms with van der Waals surface area (Å²) in [7, 11) is 0. The lowest BCUT2D eigenvalue weighted by Crippen LogP contribution is -2.12. The molecule has 3 aromatic heterocycles. The lowest BCUT2D eigenvalue weighted by atomic mass is 10.2. The number of rotatable bonds is 6.